The van der Waals surface area contributed by atoms with Gasteiger partial charge in [-0.2, -0.15) is 26.3 Å². The first-order chi connectivity index (χ1) is 19.4. The van der Waals surface area contributed by atoms with Crippen molar-refractivity contribution < 1.29 is 36.2 Å². The third kappa shape index (κ3) is 6.40. The predicted molar refractivity (Wildman–Crippen MR) is 138 cm³/mol. The molecule has 1 aliphatic rings. The summed E-state index contributed by atoms with van der Waals surface area (Å²) in [5.41, 5.74) is -1.26. The van der Waals surface area contributed by atoms with Crippen molar-refractivity contribution in [3.8, 4) is 11.3 Å². The molecule has 5 rings (SSSR count). The number of halogens is 6. The minimum Gasteiger partial charge on any atom is -0.481 e. The van der Waals surface area contributed by atoms with Gasteiger partial charge in [-0.15, -0.1) is 0 Å². The van der Waals surface area contributed by atoms with E-state index < -0.39 is 35.4 Å². The number of hydrogen-bond donors (Lipinski definition) is 2. The molecule has 1 saturated heterocycles. The van der Waals surface area contributed by atoms with Crippen molar-refractivity contribution in [1.29, 1.82) is 0 Å². The van der Waals surface area contributed by atoms with Crippen LogP contribution < -0.4 is 5.32 Å². The number of aromatic nitrogens is 3. The fourth-order valence-electron chi connectivity index (χ4n) is 4.84. The minimum absolute atomic E-state index is 0.166. The highest BCUT2D eigenvalue weighted by atomic mass is 19.4. The highest BCUT2D eigenvalue weighted by molar-refractivity contribution is 5.93. The Morgan fingerprint density at radius 1 is 1.00 bits per heavy atom. The lowest BCUT2D eigenvalue weighted by Crippen LogP contribution is -2.38. The van der Waals surface area contributed by atoms with Gasteiger partial charge >= 0.3 is 18.3 Å². The third-order valence-corrected chi connectivity index (χ3v) is 6.82. The highest BCUT2D eigenvalue weighted by Gasteiger charge is 2.34. The van der Waals surface area contributed by atoms with Crippen molar-refractivity contribution in [2.45, 2.75) is 31.7 Å². The van der Waals surface area contributed by atoms with Gasteiger partial charge in [-0.3, -0.25) is 14.7 Å². The Morgan fingerprint density at radius 2 is 1.76 bits per heavy atom. The molecular formula is C28H23F6N5O2. The van der Waals surface area contributed by atoms with Crippen molar-refractivity contribution in [3.05, 3.63) is 77.7 Å². The number of hydrogen-bond acceptors (Lipinski definition) is 6. The van der Waals surface area contributed by atoms with Gasteiger partial charge in [0.2, 0.25) is 0 Å². The number of alkyl halides is 6. The monoisotopic (exact) mass is 575 g/mol. The van der Waals surface area contributed by atoms with Crippen LogP contribution in [0.2, 0.25) is 0 Å². The van der Waals surface area contributed by atoms with Crippen molar-refractivity contribution in [2.24, 2.45) is 5.92 Å². The van der Waals surface area contributed by atoms with Crippen molar-refractivity contribution in [1.82, 2.24) is 19.9 Å². The number of rotatable bonds is 6. The molecule has 1 fully saturated rings. The number of likely N-dealkylation sites (tertiary alicyclic amines) is 1. The Kier molecular flexibility index (Phi) is 7.56. The van der Waals surface area contributed by atoms with Crippen LogP contribution in [0.3, 0.4) is 0 Å². The van der Waals surface area contributed by atoms with Crippen LogP contribution in [0.1, 0.15) is 29.8 Å². The second kappa shape index (κ2) is 11.0. The molecule has 4 aromatic rings. The highest BCUT2D eigenvalue weighted by Crippen LogP contribution is 2.37. The molecule has 7 nitrogen and oxygen atoms in total. The van der Waals surface area contributed by atoms with Crippen LogP contribution in [0.25, 0.3) is 22.2 Å². The van der Waals surface area contributed by atoms with E-state index in [1.165, 1.54) is 42.6 Å². The van der Waals surface area contributed by atoms with Crippen LogP contribution in [-0.4, -0.2) is 44.0 Å². The van der Waals surface area contributed by atoms with E-state index in [0.29, 0.717) is 30.5 Å². The zero-order chi connectivity index (χ0) is 29.4. The first kappa shape index (κ1) is 28.3. The average molecular weight is 576 g/mol. The maximum Gasteiger partial charge on any atom is 0.418 e. The van der Waals surface area contributed by atoms with E-state index in [4.69, 9.17) is 0 Å². The van der Waals surface area contributed by atoms with Gasteiger partial charge in [0.25, 0.3) is 0 Å². The molecule has 13 heteroatoms. The van der Waals surface area contributed by atoms with E-state index in [-0.39, 0.29) is 41.5 Å². The lowest BCUT2D eigenvalue weighted by molar-refractivity contribution is -0.143. The Labute approximate surface area is 229 Å². The number of aliphatic carboxylic acids is 1. The number of fused-ring (bicyclic) bond motifs is 1. The number of benzene rings is 2. The molecule has 1 unspecified atom stereocenters. The second-order valence-corrected chi connectivity index (χ2v) is 9.73. The molecule has 0 aliphatic carbocycles. The van der Waals surface area contributed by atoms with Crippen molar-refractivity contribution >= 4 is 28.4 Å². The summed E-state index contributed by atoms with van der Waals surface area (Å²) < 4.78 is 80.1. The molecule has 2 aromatic heterocycles. The average Bonchev–Trinajstić information content (AvgIpc) is 2.92. The number of carbonyl (C=O) groups is 1. The fourth-order valence-corrected chi connectivity index (χ4v) is 4.84. The fraction of sp³-hybridized carbons (Fsp3) is 0.286. The molecule has 0 spiro atoms. The van der Waals surface area contributed by atoms with Crippen LogP contribution >= 0.6 is 0 Å². The summed E-state index contributed by atoms with van der Waals surface area (Å²) in [5, 5.41) is 12.9. The number of carboxylic acid groups (broad SMARTS) is 1. The Balaban J connectivity index is 1.56. The van der Waals surface area contributed by atoms with E-state index in [9.17, 15) is 36.2 Å². The molecule has 1 atom stereocenters. The summed E-state index contributed by atoms with van der Waals surface area (Å²) in [4.78, 5) is 26.5. The molecule has 2 N–H and O–H groups in total. The van der Waals surface area contributed by atoms with E-state index in [1.54, 1.807) is 0 Å². The summed E-state index contributed by atoms with van der Waals surface area (Å²) in [6, 6.07) is 10.9. The van der Waals surface area contributed by atoms with Gasteiger partial charge in [0.1, 0.15) is 11.6 Å². The van der Waals surface area contributed by atoms with E-state index in [1.807, 2.05) is 4.90 Å². The van der Waals surface area contributed by atoms with Crippen LogP contribution in [0.15, 0.2) is 60.8 Å². The van der Waals surface area contributed by atoms with E-state index in [0.717, 1.165) is 18.2 Å². The van der Waals surface area contributed by atoms with Gasteiger partial charge in [-0.05, 0) is 67.9 Å². The molecule has 2 aromatic carbocycles. The van der Waals surface area contributed by atoms with Crippen LogP contribution in [0.5, 0.6) is 0 Å². The van der Waals surface area contributed by atoms with Crippen molar-refractivity contribution in [3.63, 3.8) is 0 Å². The Bertz CT molecular complexity index is 1570. The van der Waals surface area contributed by atoms with Gasteiger partial charge in [-0.1, -0.05) is 6.07 Å². The Hall–Kier alpha value is -4.26. The number of nitrogens with one attached hydrogen (secondary N) is 1. The molecule has 214 valence electrons. The lowest BCUT2D eigenvalue weighted by Gasteiger charge is -2.30. The number of piperidine rings is 1. The quantitative estimate of drug-likeness (QED) is 0.245. The summed E-state index contributed by atoms with van der Waals surface area (Å²) in [5.74, 6) is -0.947. The molecular weight excluding hydrogens is 552 g/mol. The SMILES string of the molecule is O=C(O)C1CCCN(Cc2nc(Nc3ccc(C(F)(F)F)cc3)c3ccc(-c4ncccc4C(F)(F)F)cc3n2)C1. The molecule has 0 saturated carbocycles. The smallest absolute Gasteiger partial charge is 0.418 e. The summed E-state index contributed by atoms with van der Waals surface area (Å²) >= 11 is 0. The molecule has 41 heavy (non-hydrogen) atoms. The van der Waals surface area contributed by atoms with Gasteiger partial charge in [0, 0.05) is 29.4 Å². The second-order valence-electron chi connectivity index (χ2n) is 9.73. The van der Waals surface area contributed by atoms with E-state index >= 15 is 0 Å². The summed E-state index contributed by atoms with van der Waals surface area (Å²) in [6.45, 7) is 1.06. The predicted octanol–water partition coefficient (Wildman–Crippen LogP) is 6.77. The molecule has 0 radical (unpaired) electrons. The van der Waals surface area contributed by atoms with E-state index in [2.05, 4.69) is 20.3 Å². The molecule has 0 bridgehead atoms. The molecule has 3 heterocycles. The number of pyridine rings is 1. The van der Waals surface area contributed by atoms with Crippen LogP contribution in [0.4, 0.5) is 37.8 Å². The minimum atomic E-state index is -4.64. The van der Waals surface area contributed by atoms with Gasteiger partial charge in [0.15, 0.2) is 0 Å². The number of nitrogens with zero attached hydrogens (tertiary/aromatic N) is 4. The van der Waals surface area contributed by atoms with Gasteiger partial charge in [-0.25, -0.2) is 9.97 Å². The molecule has 0 amide bonds. The zero-order valence-electron chi connectivity index (χ0n) is 21.3. The standard InChI is InChI=1S/C28H23F6N5O2/c29-27(30,31)18-6-8-19(9-7-18)36-25-20-10-5-16(24-21(28(32,33)34)4-1-11-35-24)13-22(20)37-23(38-25)15-39-12-2-3-17(14-39)26(40)41/h1,4-11,13,17H,2-3,12,14-15H2,(H,40,41)(H,36,37,38). The van der Waals surface area contributed by atoms with Crippen molar-refractivity contribution in [2.75, 3.05) is 18.4 Å². The number of anilines is 2. The first-order valence-electron chi connectivity index (χ1n) is 12.6. The topological polar surface area (TPSA) is 91.2 Å². The van der Waals surface area contributed by atoms with Gasteiger partial charge in [0.05, 0.1) is 34.8 Å². The van der Waals surface area contributed by atoms with Gasteiger partial charge < -0.3 is 10.4 Å². The summed E-state index contributed by atoms with van der Waals surface area (Å²) in [7, 11) is 0. The Morgan fingerprint density at radius 3 is 2.44 bits per heavy atom. The largest absolute Gasteiger partial charge is 0.481 e. The maximum atomic E-state index is 13.7. The molecule has 1 aliphatic heterocycles. The van der Waals surface area contributed by atoms with Crippen LogP contribution in [0, 0.1) is 5.92 Å². The lowest BCUT2D eigenvalue weighted by atomic mass is 9.98. The first-order valence-corrected chi connectivity index (χ1v) is 12.6. The van der Waals surface area contributed by atoms with Crippen LogP contribution in [-0.2, 0) is 23.7 Å². The summed E-state index contributed by atoms with van der Waals surface area (Å²) in [6.07, 6.45) is -6.69. The normalized spacial score (nSPS) is 16.6. The zero-order valence-corrected chi connectivity index (χ0v) is 21.3. The number of carboxylic acids is 1. The third-order valence-electron chi connectivity index (χ3n) is 6.82. The maximum absolute atomic E-state index is 13.7.